The van der Waals surface area contributed by atoms with Crippen LogP contribution >= 0.6 is 0 Å². The van der Waals surface area contributed by atoms with Gasteiger partial charge in [0.25, 0.3) is 0 Å². The second-order valence-electron chi connectivity index (χ2n) is 4.66. The van der Waals surface area contributed by atoms with E-state index in [1.165, 1.54) is 6.42 Å². The molecule has 86 valence electrons. The topological polar surface area (TPSA) is 35.2 Å². The van der Waals surface area contributed by atoms with Crippen molar-refractivity contribution in [3.8, 4) is 0 Å². The Morgan fingerprint density at radius 2 is 1.86 bits per heavy atom. The molecular formula is C12H27NO. The van der Waals surface area contributed by atoms with E-state index in [9.17, 15) is 0 Å². The number of nitrogens with two attached hydrogens (primary N) is 1. The molecule has 2 heteroatoms. The summed E-state index contributed by atoms with van der Waals surface area (Å²) in [6, 6.07) is 0.207. The zero-order valence-corrected chi connectivity index (χ0v) is 10.3. The van der Waals surface area contributed by atoms with Crippen molar-refractivity contribution >= 4 is 0 Å². The smallest absolute Gasteiger partial charge is 0.0620 e. The van der Waals surface area contributed by atoms with Gasteiger partial charge in [0.2, 0.25) is 0 Å². The molecule has 2 atom stereocenters. The molecule has 0 aliphatic carbocycles. The molecule has 2 unspecified atom stereocenters. The average Bonchev–Trinajstić information content (AvgIpc) is 2.15. The number of hydrogen-bond acceptors (Lipinski definition) is 2. The quantitative estimate of drug-likeness (QED) is 0.613. The number of hydrogen-bond donors (Lipinski definition) is 1. The molecule has 0 heterocycles. The molecule has 14 heavy (non-hydrogen) atoms. The Labute approximate surface area is 89.2 Å². The van der Waals surface area contributed by atoms with Gasteiger partial charge < -0.3 is 10.5 Å². The Morgan fingerprint density at radius 1 is 1.21 bits per heavy atom. The highest BCUT2D eigenvalue weighted by atomic mass is 16.5. The van der Waals surface area contributed by atoms with E-state index in [4.69, 9.17) is 10.5 Å². The first-order chi connectivity index (χ1) is 6.57. The van der Waals surface area contributed by atoms with Crippen molar-refractivity contribution < 1.29 is 4.74 Å². The molecule has 0 fully saturated rings. The van der Waals surface area contributed by atoms with E-state index in [1.807, 2.05) is 0 Å². The summed E-state index contributed by atoms with van der Waals surface area (Å²) in [5.41, 5.74) is 5.94. The van der Waals surface area contributed by atoms with Crippen molar-refractivity contribution in [2.75, 3.05) is 13.2 Å². The van der Waals surface area contributed by atoms with Crippen LogP contribution in [0.5, 0.6) is 0 Å². The van der Waals surface area contributed by atoms with Crippen LogP contribution in [0.3, 0.4) is 0 Å². The Bertz CT molecular complexity index is 125. The first-order valence-electron chi connectivity index (χ1n) is 5.91. The minimum Gasteiger partial charge on any atom is -0.380 e. The largest absolute Gasteiger partial charge is 0.380 e. The van der Waals surface area contributed by atoms with Gasteiger partial charge in [0.05, 0.1) is 6.61 Å². The number of ether oxygens (including phenoxy) is 1. The molecule has 0 aromatic heterocycles. The van der Waals surface area contributed by atoms with Crippen LogP contribution in [-0.4, -0.2) is 19.3 Å². The highest BCUT2D eigenvalue weighted by Gasteiger charge is 2.09. The van der Waals surface area contributed by atoms with Crippen molar-refractivity contribution in [2.45, 2.75) is 53.0 Å². The first-order valence-corrected chi connectivity index (χ1v) is 5.91. The standard InChI is InChI=1S/C12H27NO/c1-5-11(4)12(13)9-14-8-6-7-10(2)3/h10-12H,5-9,13H2,1-4H3. The van der Waals surface area contributed by atoms with Crippen LogP contribution in [0.15, 0.2) is 0 Å². The maximum atomic E-state index is 5.94. The maximum absolute atomic E-state index is 5.94. The van der Waals surface area contributed by atoms with Gasteiger partial charge in [-0.15, -0.1) is 0 Å². The van der Waals surface area contributed by atoms with Gasteiger partial charge in [0.1, 0.15) is 0 Å². The van der Waals surface area contributed by atoms with Crippen molar-refractivity contribution in [3.05, 3.63) is 0 Å². The van der Waals surface area contributed by atoms with E-state index < -0.39 is 0 Å². The summed E-state index contributed by atoms with van der Waals surface area (Å²) < 4.78 is 5.54. The van der Waals surface area contributed by atoms with Gasteiger partial charge in [0.15, 0.2) is 0 Å². The van der Waals surface area contributed by atoms with Crippen LogP contribution in [0, 0.1) is 11.8 Å². The SMILES string of the molecule is CCC(C)C(N)COCCCC(C)C. The predicted octanol–water partition coefficient (Wildman–Crippen LogP) is 2.81. The molecular weight excluding hydrogens is 174 g/mol. The molecule has 0 aliphatic heterocycles. The fourth-order valence-electron chi connectivity index (χ4n) is 1.28. The molecule has 0 saturated heterocycles. The second-order valence-corrected chi connectivity index (χ2v) is 4.66. The third-order valence-corrected chi connectivity index (χ3v) is 2.76. The summed E-state index contributed by atoms with van der Waals surface area (Å²) in [4.78, 5) is 0. The lowest BCUT2D eigenvalue weighted by atomic mass is 10.0. The van der Waals surface area contributed by atoms with Gasteiger partial charge in [-0.3, -0.25) is 0 Å². The Kier molecular flexibility index (Phi) is 8.20. The van der Waals surface area contributed by atoms with E-state index in [1.54, 1.807) is 0 Å². The molecule has 0 bridgehead atoms. The fourth-order valence-corrected chi connectivity index (χ4v) is 1.28. The lowest BCUT2D eigenvalue weighted by molar-refractivity contribution is 0.102. The third kappa shape index (κ3) is 7.34. The molecule has 2 nitrogen and oxygen atoms in total. The van der Waals surface area contributed by atoms with E-state index >= 15 is 0 Å². The normalized spacial score (nSPS) is 15.9. The van der Waals surface area contributed by atoms with Crippen LogP contribution in [0.2, 0.25) is 0 Å². The highest BCUT2D eigenvalue weighted by molar-refractivity contribution is 4.66. The van der Waals surface area contributed by atoms with Crippen LogP contribution in [0.4, 0.5) is 0 Å². The van der Waals surface area contributed by atoms with Gasteiger partial charge in [-0.1, -0.05) is 34.1 Å². The van der Waals surface area contributed by atoms with Crippen LogP contribution in [0.25, 0.3) is 0 Å². The molecule has 0 spiro atoms. The Morgan fingerprint density at radius 3 is 2.36 bits per heavy atom. The Hall–Kier alpha value is -0.0800. The van der Waals surface area contributed by atoms with E-state index in [-0.39, 0.29) is 6.04 Å². The summed E-state index contributed by atoms with van der Waals surface area (Å²) in [7, 11) is 0. The first kappa shape index (κ1) is 13.9. The molecule has 0 aromatic rings. The van der Waals surface area contributed by atoms with Crippen molar-refractivity contribution in [3.63, 3.8) is 0 Å². The van der Waals surface area contributed by atoms with E-state index in [2.05, 4.69) is 27.7 Å². The summed E-state index contributed by atoms with van der Waals surface area (Å²) in [6.07, 6.45) is 3.54. The summed E-state index contributed by atoms with van der Waals surface area (Å²) in [5.74, 6) is 1.35. The summed E-state index contributed by atoms with van der Waals surface area (Å²) in [5, 5.41) is 0. The van der Waals surface area contributed by atoms with Crippen LogP contribution in [0.1, 0.15) is 47.0 Å². The zero-order valence-electron chi connectivity index (χ0n) is 10.3. The van der Waals surface area contributed by atoms with E-state index in [0.717, 1.165) is 25.4 Å². The van der Waals surface area contributed by atoms with E-state index in [0.29, 0.717) is 12.5 Å². The third-order valence-electron chi connectivity index (χ3n) is 2.76. The van der Waals surface area contributed by atoms with Crippen LogP contribution in [-0.2, 0) is 4.74 Å². The summed E-state index contributed by atoms with van der Waals surface area (Å²) >= 11 is 0. The van der Waals surface area contributed by atoms with Gasteiger partial charge in [-0.2, -0.15) is 0 Å². The minimum absolute atomic E-state index is 0.207. The van der Waals surface area contributed by atoms with Gasteiger partial charge in [-0.05, 0) is 24.7 Å². The molecule has 0 radical (unpaired) electrons. The van der Waals surface area contributed by atoms with Gasteiger partial charge in [0, 0.05) is 12.6 Å². The molecule has 0 aromatic carbocycles. The predicted molar refractivity (Wildman–Crippen MR) is 62.3 cm³/mol. The van der Waals surface area contributed by atoms with Gasteiger partial charge in [-0.25, -0.2) is 0 Å². The lowest BCUT2D eigenvalue weighted by Gasteiger charge is -2.18. The molecule has 0 amide bonds. The summed E-state index contributed by atoms with van der Waals surface area (Å²) in [6.45, 7) is 10.4. The zero-order chi connectivity index (χ0) is 11.0. The highest BCUT2D eigenvalue weighted by Crippen LogP contribution is 2.07. The van der Waals surface area contributed by atoms with Crippen molar-refractivity contribution in [1.29, 1.82) is 0 Å². The van der Waals surface area contributed by atoms with Crippen LogP contribution < -0.4 is 5.73 Å². The molecule has 0 saturated carbocycles. The fraction of sp³-hybridized carbons (Fsp3) is 1.00. The van der Waals surface area contributed by atoms with Crippen molar-refractivity contribution in [1.82, 2.24) is 0 Å². The minimum atomic E-state index is 0.207. The average molecular weight is 201 g/mol. The lowest BCUT2D eigenvalue weighted by Crippen LogP contribution is -2.33. The van der Waals surface area contributed by atoms with Crippen molar-refractivity contribution in [2.24, 2.45) is 17.6 Å². The number of rotatable bonds is 8. The molecule has 2 N–H and O–H groups in total. The van der Waals surface area contributed by atoms with Gasteiger partial charge >= 0.3 is 0 Å². The maximum Gasteiger partial charge on any atom is 0.0620 e. The monoisotopic (exact) mass is 201 g/mol. The molecule has 0 aliphatic rings. The molecule has 0 rings (SSSR count). The Balaban J connectivity index is 3.27. The second kappa shape index (κ2) is 8.25.